The summed E-state index contributed by atoms with van der Waals surface area (Å²) in [6, 6.07) is 9.07. The molecule has 25 heavy (non-hydrogen) atoms. The van der Waals surface area contributed by atoms with Crippen LogP contribution in [-0.4, -0.2) is 35.5 Å². The van der Waals surface area contributed by atoms with E-state index in [9.17, 15) is 4.79 Å². The molecule has 0 spiro atoms. The van der Waals surface area contributed by atoms with E-state index in [2.05, 4.69) is 30.5 Å². The van der Waals surface area contributed by atoms with Gasteiger partial charge in [0.05, 0.1) is 0 Å². The molecule has 8 nitrogen and oxygen atoms in total. The van der Waals surface area contributed by atoms with E-state index >= 15 is 0 Å². The van der Waals surface area contributed by atoms with Crippen molar-refractivity contribution in [1.29, 1.82) is 0 Å². The fraction of sp³-hybridized carbons (Fsp3) is 0.118. The van der Waals surface area contributed by atoms with Crippen LogP contribution < -0.4 is 5.32 Å². The first-order valence-electron chi connectivity index (χ1n) is 7.75. The molecule has 0 saturated heterocycles. The highest BCUT2D eigenvalue weighted by molar-refractivity contribution is 5.98. The lowest BCUT2D eigenvalue weighted by Crippen LogP contribution is -2.31. The summed E-state index contributed by atoms with van der Waals surface area (Å²) in [5.41, 5.74) is 1.63. The number of hydrogen-bond donors (Lipinski definition) is 2. The molecule has 4 aromatic rings. The second kappa shape index (κ2) is 6.16. The number of fused-ring (bicyclic) bond motifs is 1. The van der Waals surface area contributed by atoms with Crippen LogP contribution >= 0.6 is 0 Å². The van der Waals surface area contributed by atoms with Gasteiger partial charge in [0.15, 0.2) is 17.2 Å². The molecule has 3 aromatic heterocycles. The maximum absolute atomic E-state index is 12.8. The SMILES string of the molecule is Cc1nc(C(NC(=O)c2nccn3ccnc23)c2ccccc2)n[nH]1. The van der Waals surface area contributed by atoms with E-state index in [1.54, 1.807) is 29.2 Å². The summed E-state index contributed by atoms with van der Waals surface area (Å²) >= 11 is 0. The highest BCUT2D eigenvalue weighted by Crippen LogP contribution is 2.19. The Hall–Kier alpha value is -3.55. The van der Waals surface area contributed by atoms with Crippen LogP contribution in [0.1, 0.15) is 33.7 Å². The molecule has 0 radical (unpaired) electrons. The molecule has 4 rings (SSSR count). The molecule has 8 heteroatoms. The van der Waals surface area contributed by atoms with Crippen molar-refractivity contribution in [2.75, 3.05) is 0 Å². The van der Waals surface area contributed by atoms with Gasteiger partial charge >= 0.3 is 0 Å². The molecule has 1 unspecified atom stereocenters. The first-order valence-corrected chi connectivity index (χ1v) is 7.75. The van der Waals surface area contributed by atoms with Gasteiger partial charge in [0, 0.05) is 24.8 Å². The van der Waals surface area contributed by atoms with Crippen LogP contribution in [-0.2, 0) is 0 Å². The van der Waals surface area contributed by atoms with Gasteiger partial charge in [0.2, 0.25) is 0 Å². The van der Waals surface area contributed by atoms with Crippen molar-refractivity contribution in [3.8, 4) is 0 Å². The van der Waals surface area contributed by atoms with Crippen LogP contribution in [0.5, 0.6) is 0 Å². The van der Waals surface area contributed by atoms with Crippen molar-refractivity contribution in [3.63, 3.8) is 0 Å². The van der Waals surface area contributed by atoms with E-state index in [1.807, 2.05) is 37.3 Å². The topological polar surface area (TPSA) is 101 Å². The molecule has 1 amide bonds. The molecular formula is C17H15N7O. The lowest BCUT2D eigenvalue weighted by Gasteiger charge is -2.16. The minimum absolute atomic E-state index is 0.251. The zero-order valence-corrected chi connectivity index (χ0v) is 13.4. The Morgan fingerprint density at radius 2 is 1.92 bits per heavy atom. The van der Waals surface area contributed by atoms with Gasteiger partial charge in [0.1, 0.15) is 11.9 Å². The summed E-state index contributed by atoms with van der Waals surface area (Å²) in [7, 11) is 0. The van der Waals surface area contributed by atoms with Crippen LogP contribution in [0.15, 0.2) is 55.1 Å². The normalized spacial score (nSPS) is 12.2. The third kappa shape index (κ3) is 2.85. The van der Waals surface area contributed by atoms with Gasteiger partial charge in [-0.05, 0) is 12.5 Å². The summed E-state index contributed by atoms with van der Waals surface area (Å²) in [6.07, 6.45) is 6.70. The summed E-state index contributed by atoms with van der Waals surface area (Å²) < 4.78 is 1.75. The molecule has 0 fully saturated rings. The predicted octanol–water partition coefficient (Wildman–Crippen LogP) is 1.68. The lowest BCUT2D eigenvalue weighted by molar-refractivity contribution is 0.0937. The number of imidazole rings is 1. The smallest absolute Gasteiger partial charge is 0.274 e. The molecule has 3 heterocycles. The van der Waals surface area contributed by atoms with Crippen LogP contribution in [0, 0.1) is 6.92 Å². The Morgan fingerprint density at radius 3 is 2.64 bits per heavy atom. The first kappa shape index (κ1) is 15.0. The summed E-state index contributed by atoms with van der Waals surface area (Å²) in [4.78, 5) is 25.6. The average Bonchev–Trinajstić information content (AvgIpc) is 3.28. The Labute approximate surface area is 143 Å². The second-order valence-corrected chi connectivity index (χ2v) is 5.53. The van der Waals surface area contributed by atoms with Crippen LogP contribution in [0.4, 0.5) is 0 Å². The lowest BCUT2D eigenvalue weighted by atomic mass is 10.1. The number of H-pyrrole nitrogens is 1. The van der Waals surface area contributed by atoms with E-state index in [-0.39, 0.29) is 11.6 Å². The zero-order valence-electron chi connectivity index (χ0n) is 13.4. The minimum atomic E-state index is -0.490. The van der Waals surface area contributed by atoms with E-state index < -0.39 is 6.04 Å². The number of benzene rings is 1. The molecule has 0 aliphatic carbocycles. The van der Waals surface area contributed by atoms with Gasteiger partial charge in [-0.15, -0.1) is 0 Å². The van der Waals surface area contributed by atoms with Gasteiger partial charge in [-0.1, -0.05) is 30.3 Å². The maximum atomic E-state index is 12.8. The number of aryl methyl sites for hydroxylation is 1. The van der Waals surface area contributed by atoms with Crippen LogP contribution in [0.3, 0.4) is 0 Å². The van der Waals surface area contributed by atoms with Crippen molar-refractivity contribution in [2.24, 2.45) is 0 Å². The maximum Gasteiger partial charge on any atom is 0.274 e. The quantitative estimate of drug-likeness (QED) is 0.592. The number of aromatic nitrogens is 6. The van der Waals surface area contributed by atoms with Crippen LogP contribution in [0.25, 0.3) is 5.65 Å². The monoisotopic (exact) mass is 333 g/mol. The van der Waals surface area contributed by atoms with Gasteiger partial charge in [-0.3, -0.25) is 9.89 Å². The number of amides is 1. The zero-order chi connectivity index (χ0) is 17.2. The molecule has 1 atom stereocenters. The minimum Gasteiger partial charge on any atom is -0.336 e. The molecule has 0 aliphatic heterocycles. The predicted molar refractivity (Wildman–Crippen MR) is 89.9 cm³/mol. The molecule has 1 aromatic carbocycles. The number of nitrogens with one attached hydrogen (secondary N) is 2. The molecule has 0 saturated carbocycles. The van der Waals surface area contributed by atoms with Crippen molar-refractivity contribution in [3.05, 3.63) is 78.0 Å². The first-order chi connectivity index (χ1) is 12.2. The average molecular weight is 333 g/mol. The Bertz CT molecular complexity index is 1020. The van der Waals surface area contributed by atoms with E-state index in [4.69, 9.17) is 0 Å². The second-order valence-electron chi connectivity index (χ2n) is 5.53. The van der Waals surface area contributed by atoms with Gasteiger partial charge in [0.25, 0.3) is 5.91 Å². The fourth-order valence-corrected chi connectivity index (χ4v) is 2.65. The summed E-state index contributed by atoms with van der Waals surface area (Å²) in [5, 5.41) is 9.97. The highest BCUT2D eigenvalue weighted by atomic mass is 16.2. The highest BCUT2D eigenvalue weighted by Gasteiger charge is 2.23. The molecule has 2 N–H and O–H groups in total. The third-order valence-electron chi connectivity index (χ3n) is 3.81. The van der Waals surface area contributed by atoms with Crippen molar-refractivity contribution in [1.82, 2.24) is 34.9 Å². The largest absolute Gasteiger partial charge is 0.336 e. The Kier molecular flexibility index (Phi) is 3.70. The van der Waals surface area contributed by atoms with Crippen LogP contribution in [0.2, 0.25) is 0 Å². The molecule has 124 valence electrons. The van der Waals surface area contributed by atoms with Gasteiger partial charge in [-0.25, -0.2) is 15.0 Å². The summed E-state index contributed by atoms with van der Waals surface area (Å²) in [5.74, 6) is 0.833. The molecule has 0 aliphatic rings. The van der Waals surface area contributed by atoms with E-state index in [0.29, 0.717) is 17.3 Å². The number of rotatable bonds is 4. The van der Waals surface area contributed by atoms with E-state index in [1.165, 1.54) is 0 Å². The van der Waals surface area contributed by atoms with Gasteiger partial charge < -0.3 is 9.72 Å². The number of hydrogen-bond acceptors (Lipinski definition) is 5. The number of carbonyl (C=O) groups is 1. The van der Waals surface area contributed by atoms with Crippen molar-refractivity contribution >= 4 is 11.6 Å². The number of nitrogens with zero attached hydrogens (tertiary/aromatic N) is 5. The Morgan fingerprint density at radius 1 is 1.16 bits per heavy atom. The summed E-state index contributed by atoms with van der Waals surface area (Å²) in [6.45, 7) is 1.81. The number of carbonyl (C=O) groups excluding carboxylic acids is 1. The standard InChI is InChI=1S/C17H15N7O/c1-11-20-15(23-22-11)13(12-5-3-2-4-6-12)21-17(25)14-16-19-8-10-24(16)9-7-18-14/h2-10,13H,1H3,(H,21,25)(H,20,22,23). The van der Waals surface area contributed by atoms with E-state index in [0.717, 1.165) is 5.56 Å². The molecular weight excluding hydrogens is 318 g/mol. The van der Waals surface area contributed by atoms with Gasteiger partial charge in [-0.2, -0.15) is 5.10 Å². The van der Waals surface area contributed by atoms with Crippen molar-refractivity contribution in [2.45, 2.75) is 13.0 Å². The Balaban J connectivity index is 1.71. The molecule has 0 bridgehead atoms. The fourth-order valence-electron chi connectivity index (χ4n) is 2.65. The third-order valence-corrected chi connectivity index (χ3v) is 3.81. The number of aromatic amines is 1. The van der Waals surface area contributed by atoms with Crippen molar-refractivity contribution < 1.29 is 4.79 Å².